The van der Waals surface area contributed by atoms with Crippen LogP contribution in [0.25, 0.3) is 0 Å². The van der Waals surface area contributed by atoms with Crippen molar-refractivity contribution in [3.05, 3.63) is 0 Å². The third-order valence-electron chi connectivity index (χ3n) is 1.97. The molecule has 12 heavy (non-hydrogen) atoms. The van der Waals surface area contributed by atoms with Crippen LogP contribution in [0.4, 0.5) is 0 Å². The molecule has 4 nitrogen and oxygen atoms in total. The molecule has 0 aromatic rings. The van der Waals surface area contributed by atoms with Gasteiger partial charge in [0.1, 0.15) is 0 Å². The molecule has 1 fully saturated rings. The highest BCUT2D eigenvalue weighted by Crippen LogP contribution is 2.15. The standard InChI is InChI=1S/C7H14O4S/c8-12(9,10)6-4-7-3-1-2-5-11-7/h7H,1-6H2,(H,8,9,10)/t7-/m1/s1. The van der Waals surface area contributed by atoms with E-state index in [4.69, 9.17) is 9.29 Å². The molecule has 72 valence electrons. The van der Waals surface area contributed by atoms with Gasteiger partial charge in [-0.2, -0.15) is 8.42 Å². The van der Waals surface area contributed by atoms with Crippen LogP contribution in [0.5, 0.6) is 0 Å². The Bertz CT molecular complexity index is 216. The van der Waals surface area contributed by atoms with E-state index in [1.165, 1.54) is 0 Å². The summed E-state index contributed by atoms with van der Waals surface area (Å²) in [6, 6.07) is 0. The van der Waals surface area contributed by atoms with Crippen LogP contribution in [0.1, 0.15) is 25.7 Å². The fraction of sp³-hybridized carbons (Fsp3) is 1.00. The summed E-state index contributed by atoms with van der Waals surface area (Å²) in [5.41, 5.74) is 0. The summed E-state index contributed by atoms with van der Waals surface area (Å²) < 4.78 is 34.5. The lowest BCUT2D eigenvalue weighted by atomic mass is 10.1. The summed E-state index contributed by atoms with van der Waals surface area (Å²) in [4.78, 5) is 0. The molecule has 0 radical (unpaired) electrons. The van der Waals surface area contributed by atoms with Crippen LogP contribution in [-0.2, 0) is 14.9 Å². The van der Waals surface area contributed by atoms with Crippen LogP contribution in [0.3, 0.4) is 0 Å². The van der Waals surface area contributed by atoms with E-state index in [-0.39, 0.29) is 11.9 Å². The second kappa shape index (κ2) is 4.20. The lowest BCUT2D eigenvalue weighted by molar-refractivity contribution is 0.0145. The van der Waals surface area contributed by atoms with Gasteiger partial charge in [0.2, 0.25) is 0 Å². The highest BCUT2D eigenvalue weighted by molar-refractivity contribution is 7.85. The van der Waals surface area contributed by atoms with Crippen molar-refractivity contribution in [1.29, 1.82) is 0 Å². The molecule has 0 bridgehead atoms. The van der Waals surface area contributed by atoms with Crippen molar-refractivity contribution in [3.63, 3.8) is 0 Å². The summed E-state index contributed by atoms with van der Waals surface area (Å²) in [7, 11) is -3.80. The van der Waals surface area contributed by atoms with Crippen molar-refractivity contribution in [1.82, 2.24) is 0 Å². The van der Waals surface area contributed by atoms with Gasteiger partial charge in [0.15, 0.2) is 0 Å². The van der Waals surface area contributed by atoms with Gasteiger partial charge < -0.3 is 4.74 Å². The molecule has 1 rings (SSSR count). The van der Waals surface area contributed by atoms with Gasteiger partial charge in [0.25, 0.3) is 10.1 Å². The smallest absolute Gasteiger partial charge is 0.264 e. The van der Waals surface area contributed by atoms with Crippen LogP contribution in [0.2, 0.25) is 0 Å². The summed E-state index contributed by atoms with van der Waals surface area (Å²) in [5.74, 6) is -0.183. The van der Waals surface area contributed by atoms with Gasteiger partial charge >= 0.3 is 0 Å². The fourth-order valence-corrected chi connectivity index (χ4v) is 1.88. The zero-order chi connectivity index (χ0) is 9.03. The first-order valence-corrected chi connectivity index (χ1v) is 5.75. The normalized spacial score (nSPS) is 25.6. The third kappa shape index (κ3) is 4.04. The average molecular weight is 194 g/mol. The van der Waals surface area contributed by atoms with E-state index in [2.05, 4.69) is 0 Å². The summed E-state index contributed by atoms with van der Waals surface area (Å²) in [6.07, 6.45) is 3.51. The predicted octanol–water partition coefficient (Wildman–Crippen LogP) is 0.833. The van der Waals surface area contributed by atoms with Crippen molar-refractivity contribution < 1.29 is 17.7 Å². The van der Waals surface area contributed by atoms with E-state index in [1.54, 1.807) is 0 Å². The van der Waals surface area contributed by atoms with Gasteiger partial charge in [0.05, 0.1) is 11.9 Å². The Morgan fingerprint density at radius 2 is 2.17 bits per heavy atom. The van der Waals surface area contributed by atoms with Crippen LogP contribution >= 0.6 is 0 Å². The first kappa shape index (κ1) is 9.95. The van der Waals surface area contributed by atoms with Gasteiger partial charge in [-0.05, 0) is 25.7 Å². The third-order valence-corrected chi connectivity index (χ3v) is 2.72. The fourth-order valence-electron chi connectivity index (χ4n) is 1.32. The molecule has 5 heteroatoms. The van der Waals surface area contributed by atoms with Crippen LogP contribution in [0.15, 0.2) is 0 Å². The Balaban J connectivity index is 2.22. The molecule has 1 aliphatic heterocycles. The van der Waals surface area contributed by atoms with Gasteiger partial charge in [-0.15, -0.1) is 0 Å². The van der Waals surface area contributed by atoms with Crippen molar-refractivity contribution in [2.24, 2.45) is 0 Å². The SMILES string of the molecule is O=S(=O)(O)CC[C@H]1CCCCO1. The summed E-state index contributed by atoms with van der Waals surface area (Å²) in [6.45, 7) is 0.718. The molecule has 0 aromatic carbocycles. The molecule has 0 spiro atoms. The van der Waals surface area contributed by atoms with E-state index < -0.39 is 10.1 Å². The maximum Gasteiger partial charge on any atom is 0.264 e. The number of hydrogen-bond acceptors (Lipinski definition) is 3. The Morgan fingerprint density at radius 3 is 2.67 bits per heavy atom. The second-order valence-corrected chi connectivity index (χ2v) is 4.64. The highest BCUT2D eigenvalue weighted by atomic mass is 32.2. The molecular weight excluding hydrogens is 180 g/mol. The predicted molar refractivity (Wildman–Crippen MR) is 44.6 cm³/mol. The topological polar surface area (TPSA) is 63.6 Å². The lowest BCUT2D eigenvalue weighted by Gasteiger charge is -2.21. The molecule has 1 saturated heterocycles. The first-order chi connectivity index (χ1) is 5.58. The molecule has 0 amide bonds. The summed E-state index contributed by atoms with van der Waals surface area (Å²) in [5, 5.41) is 0. The van der Waals surface area contributed by atoms with Crippen LogP contribution < -0.4 is 0 Å². The molecule has 0 aromatic heterocycles. The minimum absolute atomic E-state index is 0.0284. The Kier molecular flexibility index (Phi) is 3.49. The van der Waals surface area contributed by atoms with Crippen molar-refractivity contribution >= 4 is 10.1 Å². The van der Waals surface area contributed by atoms with Gasteiger partial charge in [-0.25, -0.2) is 0 Å². The van der Waals surface area contributed by atoms with Gasteiger partial charge in [0, 0.05) is 6.61 Å². The first-order valence-electron chi connectivity index (χ1n) is 4.15. The molecule has 1 N–H and O–H groups in total. The molecule has 1 heterocycles. The monoisotopic (exact) mass is 194 g/mol. The maximum atomic E-state index is 10.4. The minimum Gasteiger partial charge on any atom is -0.378 e. The molecule has 1 aliphatic rings. The van der Waals surface area contributed by atoms with Gasteiger partial charge in [-0.1, -0.05) is 0 Å². The van der Waals surface area contributed by atoms with E-state index in [9.17, 15) is 8.42 Å². The Morgan fingerprint density at radius 1 is 1.42 bits per heavy atom. The van der Waals surface area contributed by atoms with E-state index in [0.29, 0.717) is 6.42 Å². The average Bonchev–Trinajstić information content (AvgIpc) is 2.02. The molecular formula is C7H14O4S. The Labute approximate surface area is 72.7 Å². The highest BCUT2D eigenvalue weighted by Gasteiger charge is 2.16. The quantitative estimate of drug-likeness (QED) is 0.676. The zero-order valence-electron chi connectivity index (χ0n) is 6.90. The Hall–Kier alpha value is -0.130. The van der Waals surface area contributed by atoms with Crippen LogP contribution in [-0.4, -0.2) is 31.4 Å². The van der Waals surface area contributed by atoms with Gasteiger partial charge in [-0.3, -0.25) is 4.55 Å². The van der Waals surface area contributed by atoms with Crippen molar-refractivity contribution in [3.8, 4) is 0 Å². The van der Waals surface area contributed by atoms with Crippen molar-refractivity contribution in [2.75, 3.05) is 12.4 Å². The van der Waals surface area contributed by atoms with Crippen LogP contribution in [0, 0.1) is 0 Å². The minimum atomic E-state index is -3.80. The number of hydrogen-bond donors (Lipinski definition) is 1. The van der Waals surface area contributed by atoms with E-state index >= 15 is 0 Å². The zero-order valence-corrected chi connectivity index (χ0v) is 7.72. The number of rotatable bonds is 3. The van der Waals surface area contributed by atoms with Crippen molar-refractivity contribution in [2.45, 2.75) is 31.8 Å². The molecule has 0 unspecified atom stereocenters. The second-order valence-electron chi connectivity index (χ2n) is 3.06. The van der Waals surface area contributed by atoms with E-state index in [1.807, 2.05) is 0 Å². The maximum absolute atomic E-state index is 10.4. The van der Waals surface area contributed by atoms with E-state index in [0.717, 1.165) is 25.9 Å². The number of ether oxygens (including phenoxy) is 1. The largest absolute Gasteiger partial charge is 0.378 e. The lowest BCUT2D eigenvalue weighted by Crippen LogP contribution is -2.22. The molecule has 1 atom stereocenters. The molecule has 0 aliphatic carbocycles. The summed E-state index contributed by atoms with van der Waals surface area (Å²) >= 11 is 0. The molecule has 0 saturated carbocycles.